The minimum atomic E-state index is -2.97. The zero-order chi connectivity index (χ0) is 20.4. The van der Waals surface area contributed by atoms with Gasteiger partial charge in [0.1, 0.15) is 0 Å². The Bertz CT molecular complexity index is 806. The van der Waals surface area contributed by atoms with Crippen LogP contribution < -0.4 is 0 Å². The molecule has 0 aliphatic rings. The molecule has 0 fully saturated rings. The molecule has 1 amide bonds. The van der Waals surface area contributed by atoms with Crippen LogP contribution in [-0.2, 0) is 9.53 Å². The van der Waals surface area contributed by atoms with Crippen molar-refractivity contribution in [1.29, 1.82) is 0 Å². The van der Waals surface area contributed by atoms with Gasteiger partial charge in [0.2, 0.25) is 6.41 Å². The fourth-order valence-corrected chi connectivity index (χ4v) is 2.48. The van der Waals surface area contributed by atoms with Gasteiger partial charge in [-0.05, 0) is 13.8 Å². The highest BCUT2D eigenvalue weighted by Crippen LogP contribution is 2.17. The van der Waals surface area contributed by atoms with Gasteiger partial charge in [-0.1, -0.05) is 60.7 Å². The van der Waals surface area contributed by atoms with E-state index in [9.17, 15) is 13.6 Å². The minimum Gasteiger partial charge on any atom is -0.498 e. The second-order valence-corrected chi connectivity index (χ2v) is 5.76. The molecule has 2 aromatic carbocycles. The van der Waals surface area contributed by atoms with Gasteiger partial charge in [-0.15, -0.1) is 0 Å². The average Bonchev–Trinajstić information content (AvgIpc) is 2.71. The first-order valence-corrected chi connectivity index (χ1v) is 8.78. The Kier molecular flexibility index (Phi) is 8.09. The Morgan fingerprint density at radius 2 is 1.61 bits per heavy atom. The van der Waals surface area contributed by atoms with Crippen molar-refractivity contribution in [2.24, 2.45) is 4.99 Å². The van der Waals surface area contributed by atoms with Crippen LogP contribution in [0.1, 0.15) is 25.0 Å². The number of halogens is 2. The van der Waals surface area contributed by atoms with Gasteiger partial charge in [0.25, 0.3) is 0 Å². The van der Waals surface area contributed by atoms with Crippen LogP contribution in [0.25, 0.3) is 0 Å². The van der Waals surface area contributed by atoms with E-state index >= 15 is 0 Å². The van der Waals surface area contributed by atoms with Gasteiger partial charge in [0, 0.05) is 23.4 Å². The number of amides is 1. The molecule has 0 atom stereocenters. The van der Waals surface area contributed by atoms with Crippen LogP contribution in [0.15, 0.2) is 89.4 Å². The number of rotatable bonds is 9. The number of aliphatic imine (C=N–C) groups is 1. The van der Waals surface area contributed by atoms with E-state index in [1.807, 2.05) is 67.6 Å². The van der Waals surface area contributed by atoms with E-state index in [0.29, 0.717) is 18.1 Å². The van der Waals surface area contributed by atoms with Crippen LogP contribution in [0.5, 0.6) is 0 Å². The predicted octanol–water partition coefficient (Wildman–Crippen LogP) is 4.99. The van der Waals surface area contributed by atoms with E-state index in [1.165, 1.54) is 6.08 Å². The number of benzene rings is 2. The van der Waals surface area contributed by atoms with Crippen molar-refractivity contribution >= 4 is 12.1 Å². The molecule has 0 heterocycles. The summed E-state index contributed by atoms with van der Waals surface area (Å²) in [5, 5.41) is 0. The standard InChI is InChI=1S/C22H22F2N2O2/c1-3-28-17(2)14-20(15-26(16-27)22(23)24)25-21(18-10-6-4-7-11-18)19-12-8-5-9-13-19/h4-16,22H,3H2,1-2H3/b17-14+,20-15+. The lowest BCUT2D eigenvalue weighted by Crippen LogP contribution is -2.21. The number of carbonyl (C=O) groups excluding carboxylic acids is 1. The van der Waals surface area contributed by atoms with E-state index in [-0.39, 0.29) is 17.0 Å². The summed E-state index contributed by atoms with van der Waals surface area (Å²) >= 11 is 0. The average molecular weight is 384 g/mol. The smallest absolute Gasteiger partial charge is 0.320 e. The van der Waals surface area contributed by atoms with Crippen LogP contribution in [0.2, 0.25) is 0 Å². The normalized spacial score (nSPS) is 11.9. The van der Waals surface area contributed by atoms with E-state index in [2.05, 4.69) is 4.99 Å². The molecule has 2 aromatic rings. The number of hydrogen-bond acceptors (Lipinski definition) is 3. The van der Waals surface area contributed by atoms with Crippen LogP contribution in [0.3, 0.4) is 0 Å². The first-order valence-electron chi connectivity index (χ1n) is 8.78. The summed E-state index contributed by atoms with van der Waals surface area (Å²) in [5.41, 5.74) is 2.39. The second kappa shape index (κ2) is 10.8. The lowest BCUT2D eigenvalue weighted by molar-refractivity contribution is -0.125. The Balaban J connectivity index is 2.62. The molecule has 2 rings (SSSR count). The van der Waals surface area contributed by atoms with Crippen molar-refractivity contribution in [2.75, 3.05) is 6.61 Å². The van der Waals surface area contributed by atoms with Gasteiger partial charge in [-0.25, -0.2) is 4.99 Å². The van der Waals surface area contributed by atoms with Crippen molar-refractivity contribution in [3.8, 4) is 0 Å². The van der Waals surface area contributed by atoms with E-state index in [0.717, 1.165) is 17.3 Å². The van der Waals surface area contributed by atoms with Crippen molar-refractivity contribution in [3.05, 3.63) is 95.5 Å². The molecule has 0 aliphatic carbocycles. The summed E-state index contributed by atoms with van der Waals surface area (Å²) in [6.07, 6.45) is 2.59. The van der Waals surface area contributed by atoms with Gasteiger partial charge < -0.3 is 4.74 Å². The molecule has 0 spiro atoms. The zero-order valence-electron chi connectivity index (χ0n) is 15.8. The molecule has 4 nitrogen and oxygen atoms in total. The molecule has 28 heavy (non-hydrogen) atoms. The highest BCUT2D eigenvalue weighted by molar-refractivity contribution is 6.13. The zero-order valence-corrected chi connectivity index (χ0v) is 15.8. The largest absolute Gasteiger partial charge is 0.498 e. The fourth-order valence-electron chi connectivity index (χ4n) is 2.48. The minimum absolute atomic E-state index is 0.0642. The van der Waals surface area contributed by atoms with Gasteiger partial charge >= 0.3 is 6.55 Å². The molecule has 0 saturated carbocycles. The van der Waals surface area contributed by atoms with Crippen molar-refractivity contribution < 1.29 is 18.3 Å². The fraction of sp³-hybridized carbons (Fsp3) is 0.182. The van der Waals surface area contributed by atoms with Gasteiger partial charge in [0.15, 0.2) is 0 Å². The summed E-state index contributed by atoms with van der Waals surface area (Å²) in [6, 6.07) is 18.8. The predicted molar refractivity (Wildman–Crippen MR) is 106 cm³/mol. The highest BCUT2D eigenvalue weighted by Gasteiger charge is 2.13. The third kappa shape index (κ3) is 6.16. The van der Waals surface area contributed by atoms with Gasteiger partial charge in [-0.3, -0.25) is 9.69 Å². The number of ether oxygens (including phenoxy) is 1. The summed E-state index contributed by atoms with van der Waals surface area (Å²) in [5.74, 6) is 0.498. The number of allylic oxidation sites excluding steroid dienone is 2. The van der Waals surface area contributed by atoms with Crippen LogP contribution >= 0.6 is 0 Å². The van der Waals surface area contributed by atoms with Crippen LogP contribution in [0.4, 0.5) is 8.78 Å². The second-order valence-electron chi connectivity index (χ2n) is 5.76. The third-order valence-corrected chi connectivity index (χ3v) is 3.69. The maximum atomic E-state index is 13.1. The molecule has 6 heteroatoms. The first-order chi connectivity index (χ1) is 13.5. The monoisotopic (exact) mass is 384 g/mol. The molecular formula is C22H22F2N2O2. The molecule has 0 saturated heterocycles. The Labute approximate surface area is 163 Å². The Morgan fingerprint density at radius 3 is 2.04 bits per heavy atom. The van der Waals surface area contributed by atoms with Crippen molar-refractivity contribution in [3.63, 3.8) is 0 Å². The number of alkyl halides is 2. The number of hydrogen-bond donors (Lipinski definition) is 0. The van der Waals surface area contributed by atoms with Crippen LogP contribution in [0, 0.1) is 0 Å². The molecule has 0 bridgehead atoms. The Morgan fingerprint density at radius 1 is 1.07 bits per heavy atom. The van der Waals surface area contributed by atoms with Crippen molar-refractivity contribution in [1.82, 2.24) is 4.90 Å². The molecule has 146 valence electrons. The van der Waals surface area contributed by atoms with Gasteiger partial charge in [-0.2, -0.15) is 8.78 Å². The van der Waals surface area contributed by atoms with Crippen LogP contribution in [-0.4, -0.2) is 30.2 Å². The topological polar surface area (TPSA) is 41.9 Å². The lowest BCUT2D eigenvalue weighted by atomic mass is 10.0. The third-order valence-electron chi connectivity index (χ3n) is 3.69. The first kappa shape index (κ1) is 21.0. The molecule has 0 aromatic heterocycles. The van der Waals surface area contributed by atoms with E-state index < -0.39 is 6.55 Å². The molecular weight excluding hydrogens is 362 g/mol. The maximum Gasteiger partial charge on any atom is 0.320 e. The quantitative estimate of drug-likeness (QED) is 0.201. The molecule has 0 N–H and O–H groups in total. The van der Waals surface area contributed by atoms with Crippen molar-refractivity contribution in [2.45, 2.75) is 20.4 Å². The highest BCUT2D eigenvalue weighted by atomic mass is 19.3. The van der Waals surface area contributed by atoms with E-state index in [4.69, 9.17) is 4.74 Å². The maximum absolute atomic E-state index is 13.1. The molecule has 0 radical (unpaired) electrons. The number of carbonyl (C=O) groups is 1. The summed E-state index contributed by atoms with van der Waals surface area (Å²) in [6.45, 7) is 0.974. The number of nitrogens with zero attached hydrogens (tertiary/aromatic N) is 2. The lowest BCUT2D eigenvalue weighted by Gasteiger charge is -2.13. The van der Waals surface area contributed by atoms with E-state index in [1.54, 1.807) is 6.92 Å². The molecule has 0 aliphatic heterocycles. The summed E-state index contributed by atoms with van der Waals surface area (Å²) in [7, 11) is 0. The molecule has 0 unspecified atom stereocenters. The van der Waals surface area contributed by atoms with Gasteiger partial charge in [0.05, 0.1) is 23.8 Å². The Hall–Kier alpha value is -3.28. The summed E-state index contributed by atoms with van der Waals surface area (Å²) < 4.78 is 31.6. The summed E-state index contributed by atoms with van der Waals surface area (Å²) in [4.78, 5) is 15.9. The SMILES string of the molecule is CCO/C(C)=C/C(=C\N(C=O)C(F)F)N=C(c1ccccc1)c1ccccc1.